The lowest BCUT2D eigenvalue weighted by Gasteiger charge is -2.32. The van der Waals surface area contributed by atoms with Gasteiger partial charge >= 0.3 is 0 Å². The Morgan fingerprint density at radius 2 is 1.80 bits per heavy atom. The number of likely N-dealkylation sites (tertiary alicyclic amines) is 1. The van der Waals surface area contributed by atoms with Crippen LogP contribution in [0.5, 0.6) is 0 Å². The number of nitrogens with zero attached hydrogens (tertiary/aromatic N) is 1. The van der Waals surface area contributed by atoms with Crippen molar-refractivity contribution in [1.82, 2.24) is 4.90 Å². The summed E-state index contributed by atoms with van der Waals surface area (Å²) in [5.41, 5.74) is 1.30. The van der Waals surface area contributed by atoms with E-state index in [4.69, 9.17) is 0 Å². The van der Waals surface area contributed by atoms with Crippen molar-refractivity contribution in [3.8, 4) is 0 Å². The van der Waals surface area contributed by atoms with Crippen LogP contribution in [0.4, 0.5) is 0 Å². The molecule has 0 aromatic rings. The maximum atomic E-state index is 11.6. The summed E-state index contributed by atoms with van der Waals surface area (Å²) in [6, 6.07) is 0.125. The van der Waals surface area contributed by atoms with E-state index >= 15 is 0 Å². The number of Topliss-reactive ketones (excluding diaryl/α,β-unsaturated/α-hetero) is 1. The van der Waals surface area contributed by atoms with Crippen LogP contribution in [0.15, 0.2) is 11.6 Å². The number of allylic oxidation sites excluding steroid dienone is 1. The first-order valence-electron chi connectivity index (χ1n) is 5.99. The van der Waals surface area contributed by atoms with Crippen LogP contribution in [0.3, 0.4) is 0 Å². The van der Waals surface area contributed by atoms with Gasteiger partial charge in [-0.15, -0.1) is 0 Å². The predicted octanol–water partition coefficient (Wildman–Crippen LogP) is 2.79. The van der Waals surface area contributed by atoms with E-state index in [9.17, 15) is 4.79 Å². The van der Waals surface area contributed by atoms with E-state index in [0.29, 0.717) is 5.78 Å². The third-order valence-electron chi connectivity index (χ3n) is 3.05. The maximum Gasteiger partial charge on any atom is 0.147 e. The fraction of sp³-hybridized carbons (Fsp3) is 0.769. The van der Waals surface area contributed by atoms with Crippen LogP contribution < -0.4 is 0 Å². The van der Waals surface area contributed by atoms with Gasteiger partial charge in [-0.2, -0.15) is 0 Å². The van der Waals surface area contributed by atoms with E-state index in [0.717, 1.165) is 19.5 Å². The van der Waals surface area contributed by atoms with Gasteiger partial charge in [0.1, 0.15) is 5.78 Å². The minimum atomic E-state index is 0.125. The molecule has 1 heterocycles. The second-order valence-corrected chi connectivity index (χ2v) is 4.74. The molecule has 1 atom stereocenters. The van der Waals surface area contributed by atoms with Crippen LogP contribution in [-0.4, -0.2) is 29.8 Å². The molecule has 1 rings (SSSR count). The maximum absolute atomic E-state index is 11.6. The summed E-state index contributed by atoms with van der Waals surface area (Å²) in [5, 5.41) is 0. The van der Waals surface area contributed by atoms with Crippen molar-refractivity contribution in [1.29, 1.82) is 0 Å². The first-order valence-corrected chi connectivity index (χ1v) is 5.99. The zero-order valence-electron chi connectivity index (χ0n) is 10.3. The molecule has 86 valence electrons. The van der Waals surface area contributed by atoms with E-state index in [1.54, 1.807) is 6.92 Å². The molecule has 0 radical (unpaired) electrons. The molecule has 1 unspecified atom stereocenters. The summed E-state index contributed by atoms with van der Waals surface area (Å²) in [6.07, 6.45) is 6.89. The van der Waals surface area contributed by atoms with E-state index in [-0.39, 0.29) is 6.04 Å². The van der Waals surface area contributed by atoms with Crippen LogP contribution in [0, 0.1) is 0 Å². The third kappa shape index (κ3) is 4.17. The molecule has 0 spiro atoms. The van der Waals surface area contributed by atoms with Crippen LogP contribution in [0.2, 0.25) is 0 Å². The average molecular weight is 209 g/mol. The van der Waals surface area contributed by atoms with Crippen LogP contribution in [0.1, 0.15) is 46.5 Å². The van der Waals surface area contributed by atoms with Crippen molar-refractivity contribution in [2.75, 3.05) is 13.1 Å². The smallest absolute Gasteiger partial charge is 0.147 e. The first kappa shape index (κ1) is 12.4. The topological polar surface area (TPSA) is 20.3 Å². The quantitative estimate of drug-likeness (QED) is 0.664. The molecule has 1 aliphatic rings. The Labute approximate surface area is 93.3 Å². The van der Waals surface area contributed by atoms with Crippen LogP contribution >= 0.6 is 0 Å². The first-order chi connectivity index (χ1) is 7.11. The SMILES string of the molecule is CC(=O)C(CC=C(C)C)N1CCCCC1. The van der Waals surface area contributed by atoms with Gasteiger partial charge in [-0.05, 0) is 53.1 Å². The van der Waals surface area contributed by atoms with Crippen molar-refractivity contribution in [2.24, 2.45) is 0 Å². The molecule has 1 saturated heterocycles. The molecule has 0 bridgehead atoms. The molecule has 1 aliphatic heterocycles. The lowest BCUT2D eigenvalue weighted by molar-refractivity contribution is -0.122. The largest absolute Gasteiger partial charge is 0.298 e. The zero-order valence-corrected chi connectivity index (χ0v) is 10.3. The second-order valence-electron chi connectivity index (χ2n) is 4.74. The Morgan fingerprint density at radius 1 is 1.20 bits per heavy atom. The Hall–Kier alpha value is -0.630. The second kappa shape index (κ2) is 6.06. The lowest BCUT2D eigenvalue weighted by atomic mass is 10.0. The zero-order chi connectivity index (χ0) is 11.3. The van der Waals surface area contributed by atoms with Crippen molar-refractivity contribution >= 4 is 5.78 Å². The summed E-state index contributed by atoms with van der Waals surface area (Å²) in [6.45, 7) is 8.10. The molecule has 0 N–H and O–H groups in total. The van der Waals surface area contributed by atoms with Crippen molar-refractivity contribution in [2.45, 2.75) is 52.5 Å². The molecule has 0 aromatic carbocycles. The summed E-state index contributed by atoms with van der Waals surface area (Å²) in [5.74, 6) is 0.314. The summed E-state index contributed by atoms with van der Waals surface area (Å²) < 4.78 is 0. The highest BCUT2D eigenvalue weighted by Crippen LogP contribution is 2.16. The predicted molar refractivity (Wildman–Crippen MR) is 63.9 cm³/mol. The molecule has 2 heteroatoms. The minimum absolute atomic E-state index is 0.125. The van der Waals surface area contributed by atoms with Gasteiger partial charge in [-0.25, -0.2) is 0 Å². The Kier molecular flexibility index (Phi) is 5.03. The van der Waals surface area contributed by atoms with E-state index in [1.165, 1.54) is 24.8 Å². The molecular weight excluding hydrogens is 186 g/mol. The molecular formula is C13H23NO. The van der Waals surface area contributed by atoms with Gasteiger partial charge in [0.15, 0.2) is 0 Å². The van der Waals surface area contributed by atoms with Gasteiger partial charge < -0.3 is 0 Å². The van der Waals surface area contributed by atoms with Gasteiger partial charge in [0, 0.05) is 0 Å². The van der Waals surface area contributed by atoms with Gasteiger partial charge in [0.05, 0.1) is 6.04 Å². The normalized spacial score (nSPS) is 19.7. The molecule has 0 aliphatic carbocycles. The highest BCUT2D eigenvalue weighted by atomic mass is 16.1. The summed E-state index contributed by atoms with van der Waals surface area (Å²) in [7, 11) is 0. The third-order valence-corrected chi connectivity index (χ3v) is 3.05. The molecule has 0 amide bonds. The molecule has 1 fully saturated rings. The Morgan fingerprint density at radius 3 is 2.27 bits per heavy atom. The van der Waals surface area contributed by atoms with Crippen LogP contribution in [0.25, 0.3) is 0 Å². The van der Waals surface area contributed by atoms with E-state index in [2.05, 4.69) is 24.8 Å². The standard InChI is InChI=1S/C13H23NO/c1-11(2)7-8-13(12(3)15)14-9-5-4-6-10-14/h7,13H,4-6,8-10H2,1-3H3. The molecule has 2 nitrogen and oxygen atoms in total. The molecule has 0 aromatic heterocycles. The van der Waals surface area contributed by atoms with Gasteiger partial charge in [-0.3, -0.25) is 9.69 Å². The van der Waals surface area contributed by atoms with Crippen molar-refractivity contribution < 1.29 is 4.79 Å². The number of hydrogen-bond donors (Lipinski definition) is 0. The number of carbonyl (C=O) groups is 1. The number of piperidine rings is 1. The molecule has 15 heavy (non-hydrogen) atoms. The Balaban J connectivity index is 2.56. The number of rotatable bonds is 4. The van der Waals surface area contributed by atoms with Crippen molar-refractivity contribution in [3.63, 3.8) is 0 Å². The van der Waals surface area contributed by atoms with Gasteiger partial charge in [0.25, 0.3) is 0 Å². The average Bonchev–Trinajstić information content (AvgIpc) is 2.18. The van der Waals surface area contributed by atoms with E-state index in [1.807, 2.05) is 0 Å². The summed E-state index contributed by atoms with van der Waals surface area (Å²) in [4.78, 5) is 13.9. The molecule has 0 saturated carbocycles. The monoisotopic (exact) mass is 209 g/mol. The Bertz CT molecular complexity index is 235. The minimum Gasteiger partial charge on any atom is -0.298 e. The van der Waals surface area contributed by atoms with Gasteiger partial charge in [-0.1, -0.05) is 18.1 Å². The fourth-order valence-electron chi connectivity index (χ4n) is 2.15. The highest BCUT2D eigenvalue weighted by Gasteiger charge is 2.22. The number of carbonyl (C=O) groups excluding carboxylic acids is 1. The number of ketones is 1. The summed E-state index contributed by atoms with van der Waals surface area (Å²) >= 11 is 0. The number of hydrogen-bond acceptors (Lipinski definition) is 2. The van der Waals surface area contributed by atoms with Crippen molar-refractivity contribution in [3.05, 3.63) is 11.6 Å². The highest BCUT2D eigenvalue weighted by molar-refractivity contribution is 5.81. The lowest BCUT2D eigenvalue weighted by Crippen LogP contribution is -2.43. The fourth-order valence-corrected chi connectivity index (χ4v) is 2.15. The van der Waals surface area contributed by atoms with Crippen LogP contribution in [-0.2, 0) is 4.79 Å². The van der Waals surface area contributed by atoms with Gasteiger partial charge in [0.2, 0.25) is 0 Å². The van der Waals surface area contributed by atoms with E-state index < -0.39 is 0 Å².